The van der Waals surface area contributed by atoms with Gasteiger partial charge in [0.2, 0.25) is 11.0 Å². The van der Waals surface area contributed by atoms with Gasteiger partial charge in [-0.3, -0.25) is 4.79 Å². The van der Waals surface area contributed by atoms with Crippen molar-refractivity contribution >= 4 is 22.6 Å². The molecule has 0 saturated heterocycles. The Balaban J connectivity index is 2.02. The molecule has 2 rings (SSSR count). The smallest absolute Gasteiger partial charge is 0.226 e. The van der Waals surface area contributed by atoms with Crippen molar-refractivity contribution in [3.05, 3.63) is 29.8 Å². The normalized spacial score (nSPS) is 10.4. The Morgan fingerprint density at radius 3 is 2.74 bits per heavy atom. The first-order valence-corrected chi connectivity index (χ1v) is 7.17. The largest absolute Gasteiger partial charge is 0.301 e. The van der Waals surface area contributed by atoms with Crippen molar-refractivity contribution in [2.45, 2.75) is 33.1 Å². The van der Waals surface area contributed by atoms with Crippen LogP contribution >= 0.6 is 11.5 Å². The minimum absolute atomic E-state index is 0.00783. The van der Waals surface area contributed by atoms with Crippen LogP contribution < -0.4 is 5.32 Å². The van der Waals surface area contributed by atoms with Gasteiger partial charge in [-0.05, 0) is 13.3 Å². The minimum Gasteiger partial charge on any atom is -0.301 e. The van der Waals surface area contributed by atoms with Gasteiger partial charge in [0.1, 0.15) is 0 Å². The summed E-state index contributed by atoms with van der Waals surface area (Å²) in [7, 11) is 0. The van der Waals surface area contributed by atoms with Gasteiger partial charge >= 0.3 is 0 Å². The molecule has 1 aromatic heterocycles. The number of hydrogen-bond donors (Lipinski definition) is 1. The fourth-order valence-corrected chi connectivity index (χ4v) is 2.22. The van der Waals surface area contributed by atoms with E-state index in [0.717, 1.165) is 18.4 Å². The Labute approximate surface area is 117 Å². The Hall–Kier alpha value is -1.75. The molecule has 0 aliphatic carbocycles. The van der Waals surface area contributed by atoms with Gasteiger partial charge in [0.15, 0.2) is 5.82 Å². The summed E-state index contributed by atoms with van der Waals surface area (Å²) in [6, 6.07) is 8.02. The summed E-state index contributed by atoms with van der Waals surface area (Å²) in [6.07, 6.45) is 2.45. The number of unbranched alkanes of at least 4 members (excludes halogenated alkanes) is 1. The highest BCUT2D eigenvalue weighted by Gasteiger charge is 2.09. The standard InChI is InChI=1S/C14H17N3OS/c1-3-4-5-12(18)15-14-16-13(17-19-14)11-8-6-10(2)7-9-11/h6-9H,3-5H2,1-2H3,(H,15,16,17,18). The average Bonchev–Trinajstić information content (AvgIpc) is 2.85. The lowest BCUT2D eigenvalue weighted by atomic mass is 10.1. The lowest BCUT2D eigenvalue weighted by molar-refractivity contribution is -0.116. The zero-order chi connectivity index (χ0) is 13.7. The molecule has 0 saturated carbocycles. The SMILES string of the molecule is CCCCC(=O)Nc1nc(-c2ccc(C)cc2)ns1. The second kappa shape index (κ2) is 6.43. The van der Waals surface area contributed by atoms with Crippen molar-refractivity contribution in [1.82, 2.24) is 9.36 Å². The van der Waals surface area contributed by atoms with E-state index in [0.29, 0.717) is 17.4 Å². The number of carbonyl (C=O) groups excluding carboxylic acids is 1. The molecule has 0 atom stereocenters. The number of amides is 1. The van der Waals surface area contributed by atoms with Crippen LogP contribution in [0.5, 0.6) is 0 Å². The molecule has 0 unspecified atom stereocenters. The first kappa shape index (κ1) is 13.7. The Kier molecular flexibility index (Phi) is 4.63. The van der Waals surface area contributed by atoms with E-state index in [-0.39, 0.29) is 5.91 Å². The summed E-state index contributed by atoms with van der Waals surface area (Å²) in [5.41, 5.74) is 2.17. The number of aryl methyl sites for hydroxylation is 1. The zero-order valence-electron chi connectivity index (χ0n) is 11.1. The molecule has 0 aliphatic rings. The number of nitrogens with one attached hydrogen (secondary N) is 1. The first-order valence-electron chi connectivity index (χ1n) is 6.39. The van der Waals surface area contributed by atoms with Crippen molar-refractivity contribution in [3.8, 4) is 11.4 Å². The fraction of sp³-hybridized carbons (Fsp3) is 0.357. The van der Waals surface area contributed by atoms with Gasteiger partial charge in [-0.15, -0.1) is 0 Å². The highest BCUT2D eigenvalue weighted by atomic mass is 32.1. The molecule has 1 aromatic carbocycles. The second-order valence-electron chi connectivity index (χ2n) is 4.44. The molecule has 1 heterocycles. The quantitative estimate of drug-likeness (QED) is 0.906. The van der Waals surface area contributed by atoms with E-state index in [4.69, 9.17) is 0 Å². The molecule has 1 amide bonds. The van der Waals surface area contributed by atoms with Crippen LogP contribution in [-0.4, -0.2) is 15.3 Å². The topological polar surface area (TPSA) is 54.9 Å². The predicted molar refractivity (Wildman–Crippen MR) is 78.2 cm³/mol. The molecule has 1 N–H and O–H groups in total. The third-order valence-electron chi connectivity index (χ3n) is 2.74. The maximum atomic E-state index is 11.6. The number of rotatable bonds is 5. The van der Waals surface area contributed by atoms with Crippen molar-refractivity contribution < 1.29 is 4.79 Å². The number of carbonyl (C=O) groups is 1. The van der Waals surface area contributed by atoms with Crippen LogP contribution in [0.3, 0.4) is 0 Å². The third-order valence-corrected chi connectivity index (χ3v) is 3.37. The summed E-state index contributed by atoms with van der Waals surface area (Å²) < 4.78 is 4.27. The van der Waals surface area contributed by atoms with E-state index in [1.165, 1.54) is 17.1 Å². The van der Waals surface area contributed by atoms with Crippen molar-refractivity contribution in [1.29, 1.82) is 0 Å². The predicted octanol–water partition coefficient (Wildman–Crippen LogP) is 3.64. The van der Waals surface area contributed by atoms with Crippen LogP contribution in [0, 0.1) is 6.92 Å². The molecule has 19 heavy (non-hydrogen) atoms. The number of aromatic nitrogens is 2. The minimum atomic E-state index is 0.00783. The van der Waals surface area contributed by atoms with Crippen molar-refractivity contribution in [3.63, 3.8) is 0 Å². The average molecular weight is 275 g/mol. The number of anilines is 1. The van der Waals surface area contributed by atoms with Crippen LogP contribution in [0.15, 0.2) is 24.3 Å². The van der Waals surface area contributed by atoms with Gasteiger partial charge in [-0.1, -0.05) is 43.2 Å². The number of benzene rings is 1. The van der Waals surface area contributed by atoms with Crippen molar-refractivity contribution in [2.75, 3.05) is 5.32 Å². The van der Waals surface area contributed by atoms with Gasteiger partial charge in [0, 0.05) is 23.5 Å². The van der Waals surface area contributed by atoms with Gasteiger partial charge < -0.3 is 5.32 Å². The monoisotopic (exact) mass is 275 g/mol. The molecule has 0 radical (unpaired) electrons. The number of nitrogens with zero attached hydrogens (tertiary/aromatic N) is 2. The molecule has 2 aromatic rings. The summed E-state index contributed by atoms with van der Waals surface area (Å²) in [4.78, 5) is 15.9. The lowest BCUT2D eigenvalue weighted by Gasteiger charge is -1.99. The Morgan fingerprint density at radius 2 is 2.05 bits per heavy atom. The highest BCUT2D eigenvalue weighted by molar-refractivity contribution is 7.10. The van der Waals surface area contributed by atoms with Crippen LogP contribution in [0.25, 0.3) is 11.4 Å². The molecule has 4 nitrogen and oxygen atoms in total. The second-order valence-corrected chi connectivity index (χ2v) is 5.19. The molecular weight excluding hydrogens is 258 g/mol. The molecule has 5 heteroatoms. The fourth-order valence-electron chi connectivity index (χ4n) is 1.61. The lowest BCUT2D eigenvalue weighted by Crippen LogP contribution is -2.10. The van der Waals surface area contributed by atoms with E-state index in [9.17, 15) is 4.79 Å². The van der Waals surface area contributed by atoms with E-state index >= 15 is 0 Å². The Morgan fingerprint density at radius 1 is 1.32 bits per heavy atom. The van der Waals surface area contributed by atoms with E-state index in [1.807, 2.05) is 31.2 Å². The number of hydrogen-bond acceptors (Lipinski definition) is 4. The van der Waals surface area contributed by atoms with E-state index < -0.39 is 0 Å². The molecular formula is C14H17N3OS. The molecule has 0 spiro atoms. The first-order chi connectivity index (χ1) is 9.19. The molecule has 0 bridgehead atoms. The summed E-state index contributed by atoms with van der Waals surface area (Å²) >= 11 is 1.22. The maximum absolute atomic E-state index is 11.6. The van der Waals surface area contributed by atoms with Gasteiger partial charge in [-0.2, -0.15) is 9.36 Å². The van der Waals surface area contributed by atoms with Gasteiger partial charge in [0.05, 0.1) is 0 Å². The Bertz CT molecular complexity index is 548. The molecule has 100 valence electrons. The summed E-state index contributed by atoms with van der Waals surface area (Å²) in [5, 5.41) is 3.35. The van der Waals surface area contributed by atoms with E-state index in [2.05, 4.69) is 21.6 Å². The molecule has 0 aliphatic heterocycles. The van der Waals surface area contributed by atoms with Crippen LogP contribution in [0.2, 0.25) is 0 Å². The van der Waals surface area contributed by atoms with Crippen molar-refractivity contribution in [2.24, 2.45) is 0 Å². The van der Waals surface area contributed by atoms with Gasteiger partial charge in [0.25, 0.3) is 0 Å². The van der Waals surface area contributed by atoms with E-state index in [1.54, 1.807) is 0 Å². The third kappa shape index (κ3) is 3.86. The van der Waals surface area contributed by atoms with Crippen LogP contribution in [0.1, 0.15) is 31.7 Å². The van der Waals surface area contributed by atoms with Crippen LogP contribution in [0.4, 0.5) is 5.13 Å². The van der Waals surface area contributed by atoms with Crippen LogP contribution in [-0.2, 0) is 4.79 Å². The van der Waals surface area contributed by atoms with Gasteiger partial charge in [-0.25, -0.2) is 0 Å². The molecule has 0 fully saturated rings. The summed E-state index contributed by atoms with van der Waals surface area (Å²) in [6.45, 7) is 4.10. The maximum Gasteiger partial charge on any atom is 0.226 e. The highest BCUT2D eigenvalue weighted by Crippen LogP contribution is 2.21. The summed E-state index contributed by atoms with van der Waals surface area (Å²) in [5.74, 6) is 0.671. The zero-order valence-corrected chi connectivity index (χ0v) is 12.0.